The van der Waals surface area contributed by atoms with Gasteiger partial charge in [0.15, 0.2) is 5.78 Å². The summed E-state index contributed by atoms with van der Waals surface area (Å²) < 4.78 is 6.94. The number of hydrogen-bond acceptors (Lipinski definition) is 5. The van der Waals surface area contributed by atoms with E-state index in [1.165, 1.54) is 18.3 Å². The third kappa shape index (κ3) is 3.34. The molecular weight excluding hydrogens is 372 g/mol. The fraction of sp³-hybridized carbons (Fsp3) is 0.136. The molecule has 0 aliphatic carbocycles. The molecule has 0 fully saturated rings. The zero-order chi connectivity index (χ0) is 19.7. The van der Waals surface area contributed by atoms with E-state index in [-0.39, 0.29) is 17.9 Å². The lowest BCUT2D eigenvalue weighted by molar-refractivity contribution is 0.101. The van der Waals surface area contributed by atoms with Gasteiger partial charge in [-0.15, -0.1) is 11.3 Å². The van der Waals surface area contributed by atoms with Gasteiger partial charge in [0, 0.05) is 16.0 Å². The van der Waals surface area contributed by atoms with Gasteiger partial charge in [-0.1, -0.05) is 30.3 Å². The minimum atomic E-state index is -0.112. The lowest BCUT2D eigenvalue weighted by Crippen LogP contribution is -2.21. The highest BCUT2D eigenvalue weighted by Crippen LogP contribution is 2.30. The number of methoxy groups -OCH3 is 1. The molecule has 4 rings (SSSR count). The molecule has 0 aliphatic heterocycles. The summed E-state index contributed by atoms with van der Waals surface area (Å²) in [5, 5.41) is 0.591. The van der Waals surface area contributed by atoms with Crippen LogP contribution in [0.5, 0.6) is 5.75 Å². The maximum atomic E-state index is 13.0. The summed E-state index contributed by atoms with van der Waals surface area (Å²) in [4.78, 5) is 30.9. The van der Waals surface area contributed by atoms with Crippen molar-refractivity contribution in [3.63, 3.8) is 0 Å². The molecule has 6 heteroatoms. The minimum Gasteiger partial charge on any atom is -0.496 e. The van der Waals surface area contributed by atoms with E-state index in [1.54, 1.807) is 36.2 Å². The summed E-state index contributed by atoms with van der Waals surface area (Å²) in [6.45, 7) is 1.80. The topological polar surface area (TPSA) is 61.2 Å². The average molecular weight is 390 g/mol. The second kappa shape index (κ2) is 7.40. The number of nitrogens with zero attached hydrogens (tertiary/aromatic N) is 2. The first-order chi connectivity index (χ1) is 13.6. The molecule has 5 nitrogen and oxygen atoms in total. The van der Waals surface area contributed by atoms with Gasteiger partial charge >= 0.3 is 0 Å². The van der Waals surface area contributed by atoms with Crippen LogP contribution in [0.15, 0.2) is 65.7 Å². The predicted octanol–water partition coefficient (Wildman–Crippen LogP) is 4.38. The maximum absolute atomic E-state index is 13.0. The Bertz CT molecular complexity index is 1230. The molecule has 0 atom stereocenters. The summed E-state index contributed by atoms with van der Waals surface area (Å²) in [7, 11) is 1.57. The van der Waals surface area contributed by atoms with E-state index < -0.39 is 0 Å². The second-order valence-electron chi connectivity index (χ2n) is 6.46. The molecule has 2 aromatic heterocycles. The highest BCUT2D eigenvalue weighted by molar-refractivity contribution is 7.21. The summed E-state index contributed by atoms with van der Waals surface area (Å²) >= 11 is 1.50. The summed E-state index contributed by atoms with van der Waals surface area (Å²) in [6.07, 6.45) is 1.55. The van der Waals surface area contributed by atoms with Crippen molar-refractivity contribution in [1.82, 2.24) is 9.55 Å². The predicted molar refractivity (Wildman–Crippen MR) is 111 cm³/mol. The molecule has 0 saturated carbocycles. The minimum absolute atomic E-state index is 0.0323. The van der Waals surface area contributed by atoms with Crippen LogP contribution in [0.3, 0.4) is 0 Å². The fourth-order valence-electron chi connectivity index (χ4n) is 3.12. The third-order valence-electron chi connectivity index (χ3n) is 4.60. The number of carbonyl (C=O) groups is 1. The van der Waals surface area contributed by atoms with Crippen molar-refractivity contribution in [1.29, 1.82) is 0 Å². The zero-order valence-electron chi connectivity index (χ0n) is 15.5. The summed E-state index contributed by atoms with van der Waals surface area (Å²) in [6, 6.07) is 17.1. The van der Waals surface area contributed by atoms with E-state index >= 15 is 0 Å². The highest BCUT2D eigenvalue weighted by Gasteiger charge is 2.13. The van der Waals surface area contributed by atoms with Gasteiger partial charge in [0.25, 0.3) is 5.56 Å². The quantitative estimate of drug-likeness (QED) is 0.474. The van der Waals surface area contributed by atoms with Gasteiger partial charge in [0.05, 0.1) is 25.4 Å². The van der Waals surface area contributed by atoms with E-state index in [2.05, 4.69) is 4.98 Å². The zero-order valence-corrected chi connectivity index (χ0v) is 16.3. The Morgan fingerprint density at radius 3 is 2.64 bits per heavy atom. The Kier molecular flexibility index (Phi) is 4.79. The van der Waals surface area contributed by atoms with Crippen LogP contribution < -0.4 is 10.3 Å². The number of benzene rings is 2. The molecule has 0 spiro atoms. The van der Waals surface area contributed by atoms with Crippen molar-refractivity contribution in [2.45, 2.75) is 13.5 Å². The van der Waals surface area contributed by atoms with Gasteiger partial charge in [-0.05, 0) is 36.8 Å². The van der Waals surface area contributed by atoms with Crippen LogP contribution in [0.1, 0.15) is 22.8 Å². The van der Waals surface area contributed by atoms with E-state index in [0.717, 1.165) is 16.0 Å². The fourth-order valence-corrected chi connectivity index (χ4v) is 4.12. The molecule has 28 heavy (non-hydrogen) atoms. The van der Waals surface area contributed by atoms with Crippen LogP contribution in [0.2, 0.25) is 0 Å². The Labute approximate surface area is 165 Å². The van der Waals surface area contributed by atoms with Crippen LogP contribution >= 0.6 is 11.3 Å². The van der Waals surface area contributed by atoms with Gasteiger partial charge in [-0.25, -0.2) is 4.98 Å². The average Bonchev–Trinajstić information content (AvgIpc) is 3.16. The number of hydrogen-bond donors (Lipinski definition) is 0. The number of carbonyl (C=O) groups excluding carboxylic acids is 1. The van der Waals surface area contributed by atoms with Gasteiger partial charge < -0.3 is 4.74 Å². The first kappa shape index (κ1) is 18.1. The molecular formula is C22H18N2O3S. The molecule has 0 aliphatic rings. The monoisotopic (exact) mass is 390 g/mol. The molecule has 0 unspecified atom stereocenters. The smallest absolute Gasteiger partial charge is 0.262 e. The molecule has 2 aromatic carbocycles. The van der Waals surface area contributed by atoms with Crippen LogP contribution in [0, 0.1) is 0 Å². The number of rotatable bonds is 5. The van der Waals surface area contributed by atoms with Crippen molar-refractivity contribution in [3.05, 3.63) is 82.4 Å². The lowest BCUT2D eigenvalue weighted by atomic mass is 10.1. The van der Waals surface area contributed by atoms with Crippen LogP contribution in [-0.4, -0.2) is 22.4 Å². The van der Waals surface area contributed by atoms with Crippen molar-refractivity contribution >= 4 is 27.3 Å². The van der Waals surface area contributed by atoms with Crippen molar-refractivity contribution in [2.24, 2.45) is 0 Å². The molecule has 140 valence electrons. The number of ether oxygens (including phenoxy) is 1. The normalized spacial score (nSPS) is 10.9. The molecule has 0 bridgehead atoms. The molecule has 0 radical (unpaired) electrons. The molecule has 2 heterocycles. The summed E-state index contributed by atoms with van der Waals surface area (Å²) in [5.41, 5.74) is 2.29. The Morgan fingerprint density at radius 2 is 1.93 bits per heavy atom. The van der Waals surface area contributed by atoms with E-state index in [1.807, 2.05) is 36.4 Å². The van der Waals surface area contributed by atoms with Gasteiger partial charge in [0.1, 0.15) is 10.6 Å². The molecule has 4 aromatic rings. The number of ketones is 1. The Morgan fingerprint density at radius 1 is 1.14 bits per heavy atom. The number of thiophene rings is 1. The largest absolute Gasteiger partial charge is 0.496 e. The first-order valence-corrected chi connectivity index (χ1v) is 9.60. The van der Waals surface area contributed by atoms with Gasteiger partial charge in [-0.2, -0.15) is 0 Å². The Hall–Kier alpha value is -3.25. The molecule has 0 saturated heterocycles. The second-order valence-corrected chi connectivity index (χ2v) is 7.49. The Balaban J connectivity index is 1.76. The lowest BCUT2D eigenvalue weighted by Gasteiger charge is -2.11. The number of fused-ring (bicyclic) bond motifs is 1. The number of Topliss-reactive ketones (excluding diaryl/α,β-unsaturated/α-hetero) is 1. The molecule has 0 amide bonds. The van der Waals surface area contributed by atoms with Gasteiger partial charge in [-0.3, -0.25) is 14.2 Å². The van der Waals surface area contributed by atoms with E-state index in [9.17, 15) is 9.59 Å². The maximum Gasteiger partial charge on any atom is 0.262 e. The SMILES string of the molecule is COc1ccc(C(C)=O)cc1Cn1cnc2sc(-c3ccccc3)cc2c1=O. The summed E-state index contributed by atoms with van der Waals surface area (Å²) in [5.74, 6) is 0.599. The standard InChI is InChI=1S/C22H18N2O3S/c1-14(25)16-8-9-19(27-2)17(10-16)12-24-13-23-21-18(22(24)26)11-20(28-21)15-6-4-3-5-7-15/h3-11,13H,12H2,1-2H3. The van der Waals surface area contributed by atoms with Crippen LogP contribution in [-0.2, 0) is 6.54 Å². The van der Waals surface area contributed by atoms with Crippen LogP contribution in [0.4, 0.5) is 0 Å². The van der Waals surface area contributed by atoms with Crippen LogP contribution in [0.25, 0.3) is 20.7 Å². The van der Waals surface area contributed by atoms with E-state index in [4.69, 9.17) is 4.74 Å². The first-order valence-electron chi connectivity index (χ1n) is 8.79. The van der Waals surface area contributed by atoms with Crippen molar-refractivity contribution < 1.29 is 9.53 Å². The third-order valence-corrected chi connectivity index (χ3v) is 5.70. The van der Waals surface area contributed by atoms with Crippen molar-refractivity contribution in [2.75, 3.05) is 7.11 Å². The highest BCUT2D eigenvalue weighted by atomic mass is 32.1. The molecule has 0 N–H and O–H groups in total. The van der Waals surface area contributed by atoms with E-state index in [0.29, 0.717) is 21.5 Å². The van der Waals surface area contributed by atoms with Crippen molar-refractivity contribution in [3.8, 4) is 16.2 Å². The number of aromatic nitrogens is 2. The van der Waals surface area contributed by atoms with Gasteiger partial charge in [0.2, 0.25) is 0 Å².